The van der Waals surface area contributed by atoms with Gasteiger partial charge in [0.05, 0.1) is 13.7 Å². The lowest BCUT2D eigenvalue weighted by molar-refractivity contribution is -0.126. The van der Waals surface area contributed by atoms with E-state index in [4.69, 9.17) is 4.74 Å². The second kappa shape index (κ2) is 6.65. The highest BCUT2D eigenvalue weighted by molar-refractivity contribution is 9.10. The van der Waals surface area contributed by atoms with Crippen molar-refractivity contribution >= 4 is 33.4 Å². The van der Waals surface area contributed by atoms with E-state index in [2.05, 4.69) is 21.2 Å². The van der Waals surface area contributed by atoms with Gasteiger partial charge in [0.2, 0.25) is 5.91 Å². The summed E-state index contributed by atoms with van der Waals surface area (Å²) < 4.78 is 6.03. The third kappa shape index (κ3) is 3.14. The SMILES string of the molecule is COc1ccc(CN2C(=O)[C@@H](NC(C)=O)c3cc(Br)ccc32)cc1. The molecule has 2 amide bonds. The van der Waals surface area contributed by atoms with Gasteiger partial charge < -0.3 is 15.0 Å². The first-order valence-corrected chi connectivity index (χ1v) is 8.30. The molecule has 0 spiro atoms. The van der Waals surface area contributed by atoms with Crippen LogP contribution >= 0.6 is 15.9 Å². The highest BCUT2D eigenvalue weighted by atomic mass is 79.9. The lowest BCUT2D eigenvalue weighted by Crippen LogP contribution is -2.36. The zero-order chi connectivity index (χ0) is 17.3. The standard InChI is InChI=1S/C18H17BrN2O3/c1-11(22)20-17-15-9-13(19)5-8-16(15)21(18(17)23)10-12-3-6-14(24-2)7-4-12/h3-9,17H,10H2,1-2H3,(H,20,22)/t17-/m0/s1. The molecule has 5 nitrogen and oxygen atoms in total. The molecule has 1 atom stereocenters. The molecule has 1 aliphatic rings. The lowest BCUT2D eigenvalue weighted by Gasteiger charge is -2.18. The van der Waals surface area contributed by atoms with Gasteiger partial charge in [0.15, 0.2) is 0 Å². The summed E-state index contributed by atoms with van der Waals surface area (Å²) >= 11 is 3.42. The molecule has 1 aliphatic heterocycles. The summed E-state index contributed by atoms with van der Waals surface area (Å²) in [5, 5.41) is 2.74. The smallest absolute Gasteiger partial charge is 0.254 e. The molecule has 6 heteroatoms. The molecule has 24 heavy (non-hydrogen) atoms. The summed E-state index contributed by atoms with van der Waals surface area (Å²) in [5.74, 6) is 0.409. The molecule has 1 N–H and O–H groups in total. The molecule has 0 radical (unpaired) electrons. The van der Waals surface area contributed by atoms with Crippen LogP contribution < -0.4 is 15.0 Å². The van der Waals surface area contributed by atoms with Crippen LogP contribution in [-0.2, 0) is 16.1 Å². The number of benzene rings is 2. The maximum Gasteiger partial charge on any atom is 0.254 e. The normalized spacial score (nSPS) is 16.0. The monoisotopic (exact) mass is 388 g/mol. The third-order valence-electron chi connectivity index (χ3n) is 3.95. The van der Waals surface area contributed by atoms with E-state index in [0.29, 0.717) is 6.54 Å². The molecule has 124 valence electrons. The van der Waals surface area contributed by atoms with Gasteiger partial charge in [0.25, 0.3) is 5.91 Å². The van der Waals surface area contributed by atoms with Crippen LogP contribution in [0.25, 0.3) is 0 Å². The van der Waals surface area contributed by atoms with Crippen molar-refractivity contribution in [1.82, 2.24) is 5.32 Å². The molecule has 0 bridgehead atoms. The first-order chi connectivity index (χ1) is 11.5. The summed E-state index contributed by atoms with van der Waals surface area (Å²) in [6.07, 6.45) is 0. The van der Waals surface area contributed by atoms with Crippen LogP contribution in [0.5, 0.6) is 5.75 Å². The first kappa shape index (κ1) is 16.5. The van der Waals surface area contributed by atoms with Crippen molar-refractivity contribution in [1.29, 1.82) is 0 Å². The van der Waals surface area contributed by atoms with E-state index in [9.17, 15) is 9.59 Å². The predicted octanol–water partition coefficient (Wildman–Crippen LogP) is 3.18. The van der Waals surface area contributed by atoms with Crippen LogP contribution in [0, 0.1) is 0 Å². The Morgan fingerprint density at radius 2 is 1.96 bits per heavy atom. The van der Waals surface area contributed by atoms with Crippen molar-refractivity contribution in [2.45, 2.75) is 19.5 Å². The molecule has 2 aromatic rings. The van der Waals surface area contributed by atoms with Crippen LogP contribution in [-0.4, -0.2) is 18.9 Å². The number of carbonyl (C=O) groups is 2. The number of carbonyl (C=O) groups excluding carboxylic acids is 2. The maximum atomic E-state index is 12.8. The van der Waals surface area contributed by atoms with Crippen molar-refractivity contribution in [3.8, 4) is 5.75 Å². The molecule has 0 aromatic heterocycles. The average Bonchev–Trinajstić information content (AvgIpc) is 2.80. The van der Waals surface area contributed by atoms with Crippen molar-refractivity contribution < 1.29 is 14.3 Å². The highest BCUT2D eigenvalue weighted by Gasteiger charge is 2.37. The predicted molar refractivity (Wildman–Crippen MR) is 94.9 cm³/mol. The van der Waals surface area contributed by atoms with Gasteiger partial charge in [-0.15, -0.1) is 0 Å². The van der Waals surface area contributed by atoms with Gasteiger partial charge in [-0.2, -0.15) is 0 Å². The fourth-order valence-corrected chi connectivity index (χ4v) is 3.21. The highest BCUT2D eigenvalue weighted by Crippen LogP contribution is 2.38. The number of hydrogen-bond acceptors (Lipinski definition) is 3. The van der Waals surface area contributed by atoms with Crippen LogP contribution in [0.3, 0.4) is 0 Å². The number of nitrogens with zero attached hydrogens (tertiary/aromatic N) is 1. The fraction of sp³-hybridized carbons (Fsp3) is 0.222. The van der Waals surface area contributed by atoms with Gasteiger partial charge in [-0.1, -0.05) is 28.1 Å². The molecule has 2 aromatic carbocycles. The first-order valence-electron chi connectivity index (χ1n) is 7.50. The van der Waals surface area contributed by atoms with Gasteiger partial charge in [0.1, 0.15) is 11.8 Å². The number of amides is 2. The molecular weight excluding hydrogens is 372 g/mol. The van der Waals surface area contributed by atoms with Gasteiger partial charge in [-0.3, -0.25) is 9.59 Å². The van der Waals surface area contributed by atoms with E-state index in [1.54, 1.807) is 12.0 Å². The summed E-state index contributed by atoms with van der Waals surface area (Å²) in [5.41, 5.74) is 2.61. The number of methoxy groups -OCH3 is 1. The van der Waals surface area contributed by atoms with Gasteiger partial charge >= 0.3 is 0 Å². The average molecular weight is 389 g/mol. The number of rotatable bonds is 4. The van der Waals surface area contributed by atoms with Gasteiger partial charge in [-0.05, 0) is 35.9 Å². The summed E-state index contributed by atoms with van der Waals surface area (Å²) in [6, 6.07) is 12.6. The maximum absolute atomic E-state index is 12.8. The second-order valence-electron chi connectivity index (χ2n) is 5.61. The Morgan fingerprint density at radius 3 is 2.58 bits per heavy atom. The molecule has 0 unspecified atom stereocenters. The minimum absolute atomic E-state index is 0.130. The minimum Gasteiger partial charge on any atom is -0.497 e. The lowest BCUT2D eigenvalue weighted by atomic mass is 10.1. The Bertz CT molecular complexity index is 789. The van der Waals surface area contributed by atoms with Crippen molar-refractivity contribution in [2.24, 2.45) is 0 Å². The van der Waals surface area contributed by atoms with E-state index in [1.807, 2.05) is 42.5 Å². The molecule has 0 aliphatic carbocycles. The Morgan fingerprint density at radius 1 is 1.25 bits per heavy atom. The van der Waals surface area contributed by atoms with Crippen LogP contribution in [0.2, 0.25) is 0 Å². The molecule has 0 fully saturated rings. The van der Waals surface area contributed by atoms with E-state index in [0.717, 1.165) is 27.0 Å². The fourth-order valence-electron chi connectivity index (χ4n) is 2.83. The van der Waals surface area contributed by atoms with Crippen LogP contribution in [0.1, 0.15) is 24.1 Å². The topological polar surface area (TPSA) is 58.6 Å². The largest absolute Gasteiger partial charge is 0.497 e. The van der Waals surface area contributed by atoms with Crippen molar-refractivity contribution in [3.05, 3.63) is 58.1 Å². The molecular formula is C18H17BrN2O3. The third-order valence-corrected chi connectivity index (χ3v) is 4.44. The minimum atomic E-state index is -0.645. The van der Waals surface area contributed by atoms with Crippen LogP contribution in [0.4, 0.5) is 5.69 Å². The van der Waals surface area contributed by atoms with Gasteiger partial charge in [0, 0.05) is 22.6 Å². The Balaban J connectivity index is 1.93. The zero-order valence-corrected chi connectivity index (χ0v) is 15.0. The summed E-state index contributed by atoms with van der Waals surface area (Å²) in [6.45, 7) is 1.85. The summed E-state index contributed by atoms with van der Waals surface area (Å²) in [4.78, 5) is 26.0. The van der Waals surface area contributed by atoms with Crippen molar-refractivity contribution in [2.75, 3.05) is 12.0 Å². The van der Waals surface area contributed by atoms with Gasteiger partial charge in [-0.25, -0.2) is 0 Å². The number of ether oxygens (including phenoxy) is 1. The van der Waals surface area contributed by atoms with E-state index in [1.165, 1.54) is 6.92 Å². The quantitative estimate of drug-likeness (QED) is 0.874. The van der Waals surface area contributed by atoms with Crippen molar-refractivity contribution in [3.63, 3.8) is 0 Å². The van der Waals surface area contributed by atoms with E-state index < -0.39 is 6.04 Å². The number of nitrogens with one attached hydrogen (secondary N) is 1. The number of halogens is 1. The zero-order valence-electron chi connectivity index (χ0n) is 13.4. The number of hydrogen-bond donors (Lipinski definition) is 1. The molecule has 3 rings (SSSR count). The number of fused-ring (bicyclic) bond motifs is 1. The van der Waals surface area contributed by atoms with Crippen LogP contribution in [0.15, 0.2) is 46.9 Å². The van der Waals surface area contributed by atoms with E-state index in [-0.39, 0.29) is 11.8 Å². The molecule has 1 heterocycles. The Kier molecular flexibility index (Phi) is 4.57. The molecule has 0 saturated carbocycles. The summed E-state index contributed by atoms with van der Waals surface area (Å²) in [7, 11) is 1.62. The second-order valence-corrected chi connectivity index (χ2v) is 6.52. The van der Waals surface area contributed by atoms with E-state index >= 15 is 0 Å². The molecule has 0 saturated heterocycles. The number of anilines is 1. The Labute approximate surface area is 148 Å². The Hall–Kier alpha value is -2.34.